The molecule has 4 rings (SSSR count). The number of amides is 1. The van der Waals surface area contributed by atoms with Gasteiger partial charge in [0.15, 0.2) is 0 Å². The molecule has 3 heteroatoms. The normalized spacial score (nSPS) is 56.7. The van der Waals surface area contributed by atoms with Crippen molar-refractivity contribution in [2.75, 3.05) is 0 Å². The summed E-state index contributed by atoms with van der Waals surface area (Å²) in [5, 5.41) is 0. The van der Waals surface area contributed by atoms with E-state index in [2.05, 4.69) is 0 Å². The highest BCUT2D eigenvalue weighted by molar-refractivity contribution is 6.04. The summed E-state index contributed by atoms with van der Waals surface area (Å²) in [5.41, 5.74) is 4.92. The molecule has 0 heterocycles. The molecule has 1 amide bonds. The van der Waals surface area contributed by atoms with Crippen molar-refractivity contribution in [3.63, 3.8) is 0 Å². The molecular formula is C8H9NO2. The highest BCUT2D eigenvalue weighted by Crippen LogP contribution is 2.77. The molecule has 4 unspecified atom stereocenters. The quantitative estimate of drug-likeness (QED) is 0.559. The summed E-state index contributed by atoms with van der Waals surface area (Å²) in [5.74, 6) is 0.662. The molecule has 0 aliphatic heterocycles. The molecule has 4 aliphatic carbocycles. The smallest absolute Gasteiger partial charge is 0.224 e. The monoisotopic (exact) mass is 151 g/mol. The Morgan fingerprint density at radius 1 is 1.64 bits per heavy atom. The second-order valence-corrected chi connectivity index (χ2v) is 4.03. The number of hydrogen-bond acceptors (Lipinski definition) is 2. The maximum absolute atomic E-state index is 11.3. The first-order valence-electron chi connectivity index (χ1n) is 4.01. The Bertz CT molecular complexity index is 286. The van der Waals surface area contributed by atoms with E-state index < -0.39 is 0 Å². The van der Waals surface area contributed by atoms with Gasteiger partial charge in [-0.25, -0.2) is 0 Å². The van der Waals surface area contributed by atoms with Crippen molar-refractivity contribution in [3.8, 4) is 0 Å². The molecule has 2 N–H and O–H groups in total. The van der Waals surface area contributed by atoms with Gasteiger partial charge in [-0.1, -0.05) is 0 Å². The van der Waals surface area contributed by atoms with Gasteiger partial charge in [-0.05, 0) is 18.8 Å². The summed E-state index contributed by atoms with van der Waals surface area (Å²) in [6.07, 6.45) is 1.70. The summed E-state index contributed by atoms with van der Waals surface area (Å²) in [6, 6.07) is 0. The Hall–Kier alpha value is -0.860. The fourth-order valence-corrected chi connectivity index (χ4v) is 3.30. The van der Waals surface area contributed by atoms with E-state index in [0.717, 1.165) is 12.8 Å². The van der Waals surface area contributed by atoms with E-state index in [1.54, 1.807) is 0 Å². The minimum Gasteiger partial charge on any atom is -0.369 e. The third-order valence-electron chi connectivity index (χ3n) is 3.80. The van der Waals surface area contributed by atoms with Gasteiger partial charge in [0.1, 0.15) is 5.78 Å². The number of rotatable bonds is 1. The average Bonchev–Trinajstić information content (AvgIpc) is 2.32. The van der Waals surface area contributed by atoms with Crippen molar-refractivity contribution in [1.82, 2.24) is 0 Å². The molecule has 0 aromatic heterocycles. The van der Waals surface area contributed by atoms with Crippen LogP contribution < -0.4 is 5.73 Å². The van der Waals surface area contributed by atoms with Crippen molar-refractivity contribution in [3.05, 3.63) is 0 Å². The maximum Gasteiger partial charge on any atom is 0.224 e. The van der Waals surface area contributed by atoms with E-state index in [0.29, 0.717) is 11.7 Å². The van der Waals surface area contributed by atoms with Crippen LogP contribution in [-0.4, -0.2) is 11.7 Å². The summed E-state index contributed by atoms with van der Waals surface area (Å²) in [7, 11) is 0. The predicted molar refractivity (Wildman–Crippen MR) is 36.3 cm³/mol. The minimum atomic E-state index is -0.345. The zero-order chi connectivity index (χ0) is 7.80. The lowest BCUT2D eigenvalue weighted by Crippen LogP contribution is -2.25. The lowest BCUT2D eigenvalue weighted by molar-refractivity contribution is -0.125. The van der Waals surface area contributed by atoms with Crippen LogP contribution >= 0.6 is 0 Å². The Kier molecular flexibility index (Phi) is 0.646. The third kappa shape index (κ3) is 0.357. The molecule has 4 fully saturated rings. The van der Waals surface area contributed by atoms with Crippen LogP contribution in [0.2, 0.25) is 0 Å². The standard InChI is InChI=1S/C8H9NO2/c9-7(11)8-2-3-1-4(8)5(8)6(3)10/h3-5H,1-2H2,(H2,9,11). The summed E-state index contributed by atoms with van der Waals surface area (Å²) in [4.78, 5) is 22.3. The van der Waals surface area contributed by atoms with E-state index in [1.807, 2.05) is 0 Å². The van der Waals surface area contributed by atoms with E-state index >= 15 is 0 Å². The molecule has 0 spiro atoms. The van der Waals surface area contributed by atoms with E-state index in [4.69, 9.17) is 5.73 Å². The SMILES string of the molecule is NC(=O)C12CC3CC1C2C3=O. The van der Waals surface area contributed by atoms with Crippen molar-refractivity contribution in [2.24, 2.45) is 28.9 Å². The van der Waals surface area contributed by atoms with Gasteiger partial charge in [-0.3, -0.25) is 9.59 Å². The molecule has 11 heavy (non-hydrogen) atoms. The number of ketones is 1. The van der Waals surface area contributed by atoms with Crippen LogP contribution in [0.4, 0.5) is 0 Å². The van der Waals surface area contributed by atoms with Crippen molar-refractivity contribution in [1.29, 1.82) is 0 Å². The zero-order valence-electron chi connectivity index (χ0n) is 6.04. The van der Waals surface area contributed by atoms with Crippen LogP contribution in [0, 0.1) is 23.2 Å². The van der Waals surface area contributed by atoms with Gasteiger partial charge in [0, 0.05) is 11.8 Å². The highest BCUT2D eigenvalue weighted by Gasteiger charge is 2.82. The number of Topliss-reactive ketones (excluding diaryl/α,β-unsaturated/α-hetero) is 1. The van der Waals surface area contributed by atoms with Crippen LogP contribution in [0.15, 0.2) is 0 Å². The van der Waals surface area contributed by atoms with E-state index in [1.165, 1.54) is 0 Å². The number of carbonyl (C=O) groups is 2. The second kappa shape index (κ2) is 1.24. The number of carbonyl (C=O) groups excluding carboxylic acids is 2. The van der Waals surface area contributed by atoms with Gasteiger partial charge in [0.25, 0.3) is 0 Å². The van der Waals surface area contributed by atoms with Gasteiger partial charge in [-0.15, -0.1) is 0 Å². The lowest BCUT2D eigenvalue weighted by atomic mass is 10.0. The number of primary amides is 1. The molecular weight excluding hydrogens is 142 g/mol. The molecule has 4 aliphatic rings. The van der Waals surface area contributed by atoms with E-state index in [9.17, 15) is 9.59 Å². The topological polar surface area (TPSA) is 60.2 Å². The fourth-order valence-electron chi connectivity index (χ4n) is 3.30. The molecule has 0 aromatic rings. The Balaban J connectivity index is 2.11. The van der Waals surface area contributed by atoms with Crippen LogP contribution in [-0.2, 0) is 9.59 Å². The largest absolute Gasteiger partial charge is 0.369 e. The van der Waals surface area contributed by atoms with Crippen LogP contribution in [0.3, 0.4) is 0 Å². The zero-order valence-corrected chi connectivity index (χ0v) is 6.04. The van der Waals surface area contributed by atoms with Crippen molar-refractivity contribution in [2.45, 2.75) is 12.8 Å². The predicted octanol–water partition coefficient (Wildman–Crippen LogP) is -0.303. The van der Waals surface area contributed by atoms with Crippen LogP contribution in [0.5, 0.6) is 0 Å². The first kappa shape index (κ1) is 5.75. The summed E-state index contributed by atoms with van der Waals surface area (Å²) >= 11 is 0. The lowest BCUT2D eigenvalue weighted by Gasteiger charge is -2.01. The van der Waals surface area contributed by atoms with E-state index in [-0.39, 0.29) is 23.2 Å². The third-order valence-corrected chi connectivity index (χ3v) is 3.80. The molecule has 4 atom stereocenters. The molecule has 0 saturated heterocycles. The molecule has 0 radical (unpaired) electrons. The maximum atomic E-state index is 11.3. The Labute approximate surface area is 63.9 Å². The molecule has 4 saturated carbocycles. The van der Waals surface area contributed by atoms with Crippen LogP contribution in [0.25, 0.3) is 0 Å². The summed E-state index contributed by atoms with van der Waals surface area (Å²) < 4.78 is 0. The van der Waals surface area contributed by atoms with Gasteiger partial charge >= 0.3 is 0 Å². The van der Waals surface area contributed by atoms with Crippen molar-refractivity contribution < 1.29 is 9.59 Å². The number of hydrogen-bond donors (Lipinski definition) is 1. The Morgan fingerprint density at radius 2 is 2.36 bits per heavy atom. The first-order chi connectivity index (χ1) is 5.18. The van der Waals surface area contributed by atoms with Crippen LogP contribution in [0.1, 0.15) is 12.8 Å². The first-order valence-corrected chi connectivity index (χ1v) is 4.01. The number of nitrogens with two attached hydrogens (primary N) is 1. The fraction of sp³-hybridized carbons (Fsp3) is 0.750. The average molecular weight is 151 g/mol. The summed E-state index contributed by atoms with van der Waals surface area (Å²) in [6.45, 7) is 0. The molecule has 0 aromatic carbocycles. The van der Waals surface area contributed by atoms with Gasteiger partial charge in [-0.2, -0.15) is 0 Å². The second-order valence-electron chi connectivity index (χ2n) is 4.03. The van der Waals surface area contributed by atoms with Gasteiger partial charge < -0.3 is 5.73 Å². The Morgan fingerprint density at radius 3 is 2.55 bits per heavy atom. The minimum absolute atomic E-state index is 0.0463. The molecule has 4 bridgehead atoms. The highest BCUT2D eigenvalue weighted by atomic mass is 16.2. The van der Waals surface area contributed by atoms with Gasteiger partial charge in [0.05, 0.1) is 5.41 Å². The van der Waals surface area contributed by atoms with Crippen molar-refractivity contribution >= 4 is 11.7 Å². The molecule has 3 nitrogen and oxygen atoms in total. The van der Waals surface area contributed by atoms with Gasteiger partial charge in [0.2, 0.25) is 5.91 Å². The molecule has 58 valence electrons.